The van der Waals surface area contributed by atoms with Gasteiger partial charge in [0.15, 0.2) is 5.82 Å². The monoisotopic (exact) mass is 532 g/mol. The first kappa shape index (κ1) is 24.3. The number of hydrogen-bond donors (Lipinski definition) is 3. The van der Waals surface area contributed by atoms with Crippen molar-refractivity contribution in [1.29, 1.82) is 0 Å². The van der Waals surface area contributed by atoms with Gasteiger partial charge in [-0.25, -0.2) is 14.3 Å². The van der Waals surface area contributed by atoms with Crippen LogP contribution >= 0.6 is 11.3 Å². The molecule has 196 valence electrons. The summed E-state index contributed by atoms with van der Waals surface area (Å²) in [6.07, 6.45) is 5.29. The minimum atomic E-state index is -0.518. The summed E-state index contributed by atoms with van der Waals surface area (Å²) in [7, 11) is 0. The third-order valence-electron chi connectivity index (χ3n) is 6.50. The summed E-state index contributed by atoms with van der Waals surface area (Å²) in [5, 5.41) is 23.7. The van der Waals surface area contributed by atoms with Gasteiger partial charge in [0.2, 0.25) is 0 Å². The van der Waals surface area contributed by atoms with Crippen LogP contribution in [0.1, 0.15) is 18.1 Å². The summed E-state index contributed by atoms with van der Waals surface area (Å²) in [4.78, 5) is 17.0. The van der Waals surface area contributed by atoms with E-state index in [9.17, 15) is 4.79 Å². The fraction of sp³-hybridized carbons (Fsp3) is 0.308. The molecule has 1 aromatic carbocycles. The maximum atomic E-state index is 12.5. The van der Waals surface area contributed by atoms with Crippen LogP contribution in [0.15, 0.2) is 53.7 Å². The van der Waals surface area contributed by atoms with Gasteiger partial charge in [0.05, 0.1) is 49.4 Å². The molecule has 1 atom stereocenters. The minimum Gasteiger partial charge on any atom is -0.448 e. The summed E-state index contributed by atoms with van der Waals surface area (Å²) in [6.45, 7) is 4.94. The molecule has 6 rings (SSSR count). The molecule has 1 aliphatic heterocycles. The zero-order chi connectivity index (χ0) is 25.9. The number of anilines is 3. The van der Waals surface area contributed by atoms with Gasteiger partial charge in [-0.2, -0.15) is 21.5 Å². The molecule has 0 aliphatic carbocycles. The van der Waals surface area contributed by atoms with Gasteiger partial charge in [-0.3, -0.25) is 10.00 Å². The molecule has 1 saturated heterocycles. The van der Waals surface area contributed by atoms with E-state index in [1.165, 1.54) is 11.9 Å². The van der Waals surface area contributed by atoms with Gasteiger partial charge in [-0.15, -0.1) is 0 Å². The average Bonchev–Trinajstić information content (AvgIpc) is 3.68. The number of thiophene rings is 1. The number of benzene rings is 1. The van der Waals surface area contributed by atoms with E-state index in [0.29, 0.717) is 31.1 Å². The number of carbonyl (C=O) groups is 1. The Balaban J connectivity index is 1.21. The number of hydrogen-bond acceptors (Lipinski definition) is 9. The lowest BCUT2D eigenvalue weighted by atomic mass is 10.2. The number of morpholine rings is 1. The highest BCUT2D eigenvalue weighted by Crippen LogP contribution is 2.30. The second-order valence-electron chi connectivity index (χ2n) is 9.06. The van der Waals surface area contributed by atoms with Crippen molar-refractivity contribution in [3.63, 3.8) is 0 Å². The molecule has 38 heavy (non-hydrogen) atoms. The van der Waals surface area contributed by atoms with Crippen LogP contribution in [0.25, 0.3) is 16.4 Å². The summed E-state index contributed by atoms with van der Waals surface area (Å²) < 4.78 is 14.6. The summed E-state index contributed by atoms with van der Waals surface area (Å²) in [5.74, 6) is 0.645. The van der Waals surface area contributed by atoms with Crippen LogP contribution in [-0.4, -0.2) is 62.9 Å². The molecule has 0 unspecified atom stereocenters. The van der Waals surface area contributed by atoms with Crippen molar-refractivity contribution in [3.05, 3.63) is 64.9 Å². The Morgan fingerprint density at radius 1 is 1.32 bits per heavy atom. The van der Waals surface area contributed by atoms with Crippen LogP contribution in [0.3, 0.4) is 0 Å². The summed E-state index contributed by atoms with van der Waals surface area (Å²) in [6, 6.07) is 8.24. The van der Waals surface area contributed by atoms with E-state index >= 15 is 0 Å². The number of nitrogens with zero attached hydrogens (tertiary/aromatic N) is 5. The molecular formula is C26H28N8O3S. The Labute approximate surface area is 222 Å². The van der Waals surface area contributed by atoms with E-state index in [4.69, 9.17) is 9.47 Å². The van der Waals surface area contributed by atoms with Crippen molar-refractivity contribution in [2.45, 2.75) is 25.9 Å². The number of carbonyl (C=O) groups excluding carboxylic acids is 1. The second-order valence-corrected chi connectivity index (χ2v) is 9.84. The van der Waals surface area contributed by atoms with E-state index in [2.05, 4.69) is 60.1 Å². The maximum Gasteiger partial charge on any atom is 0.411 e. The molecule has 0 saturated carbocycles. The Kier molecular flexibility index (Phi) is 6.90. The quantitative estimate of drug-likeness (QED) is 0.274. The number of rotatable bonds is 8. The number of aryl methyl sites for hydroxylation is 1. The van der Waals surface area contributed by atoms with E-state index in [1.807, 2.05) is 23.9 Å². The molecule has 4 aromatic heterocycles. The van der Waals surface area contributed by atoms with Crippen LogP contribution in [0.4, 0.5) is 22.0 Å². The van der Waals surface area contributed by atoms with Crippen LogP contribution in [-0.2, 0) is 22.4 Å². The lowest BCUT2D eigenvalue weighted by Crippen LogP contribution is -2.44. The molecule has 12 heteroatoms. The first-order valence-corrected chi connectivity index (χ1v) is 13.5. The topological polar surface area (TPSA) is 120 Å². The largest absolute Gasteiger partial charge is 0.448 e. The zero-order valence-electron chi connectivity index (χ0n) is 20.9. The smallest absolute Gasteiger partial charge is 0.411 e. The fourth-order valence-corrected chi connectivity index (χ4v) is 5.32. The van der Waals surface area contributed by atoms with Crippen LogP contribution in [0.5, 0.6) is 0 Å². The molecule has 0 bridgehead atoms. The molecule has 5 heterocycles. The van der Waals surface area contributed by atoms with Crippen molar-refractivity contribution >= 4 is 51.0 Å². The summed E-state index contributed by atoms with van der Waals surface area (Å²) in [5.41, 5.74) is 5.52. The molecule has 5 aromatic rings. The number of nitrogens with one attached hydrogen (secondary N) is 3. The van der Waals surface area contributed by atoms with Gasteiger partial charge in [0.1, 0.15) is 18.5 Å². The van der Waals surface area contributed by atoms with Gasteiger partial charge in [0, 0.05) is 23.2 Å². The highest BCUT2D eigenvalue weighted by atomic mass is 32.1. The predicted molar refractivity (Wildman–Crippen MR) is 146 cm³/mol. The average molecular weight is 533 g/mol. The Bertz CT molecular complexity index is 1560. The highest BCUT2D eigenvalue weighted by Gasteiger charge is 2.19. The molecule has 1 aliphatic rings. The molecule has 0 spiro atoms. The van der Waals surface area contributed by atoms with Crippen LogP contribution < -0.4 is 16.0 Å². The van der Waals surface area contributed by atoms with Gasteiger partial charge < -0.3 is 20.1 Å². The first-order chi connectivity index (χ1) is 18.7. The van der Waals surface area contributed by atoms with E-state index in [0.717, 1.165) is 40.8 Å². The van der Waals surface area contributed by atoms with E-state index < -0.39 is 6.09 Å². The van der Waals surface area contributed by atoms with Gasteiger partial charge in [0.25, 0.3) is 0 Å². The molecule has 0 radical (unpaired) electrons. The van der Waals surface area contributed by atoms with Gasteiger partial charge >= 0.3 is 6.09 Å². The number of aromatic nitrogens is 5. The SMILES string of the molecule is CCc1c(NC(=O)OC[C@@H]2COCCN2)cn2ncnc(Nc3ccc4c(cnn4Cc4ccsc4)c3)c12. The lowest BCUT2D eigenvalue weighted by Gasteiger charge is -2.23. The number of amides is 1. The van der Waals surface area contributed by atoms with Crippen molar-refractivity contribution < 1.29 is 14.3 Å². The Hall–Kier alpha value is -4.00. The highest BCUT2D eigenvalue weighted by molar-refractivity contribution is 7.07. The maximum absolute atomic E-state index is 12.5. The number of ether oxygens (including phenoxy) is 2. The molecule has 1 fully saturated rings. The van der Waals surface area contributed by atoms with Crippen molar-refractivity contribution in [1.82, 2.24) is 29.7 Å². The van der Waals surface area contributed by atoms with Crippen LogP contribution in [0.2, 0.25) is 0 Å². The molecular weight excluding hydrogens is 504 g/mol. The van der Waals surface area contributed by atoms with Gasteiger partial charge in [-0.05, 0) is 47.0 Å². The Morgan fingerprint density at radius 2 is 2.26 bits per heavy atom. The lowest BCUT2D eigenvalue weighted by molar-refractivity contribution is 0.0494. The zero-order valence-corrected chi connectivity index (χ0v) is 21.7. The minimum absolute atomic E-state index is 0.00462. The second kappa shape index (κ2) is 10.8. The Morgan fingerprint density at radius 3 is 3.08 bits per heavy atom. The third-order valence-corrected chi connectivity index (χ3v) is 7.23. The molecule has 3 N–H and O–H groups in total. The normalized spacial score (nSPS) is 15.7. The third kappa shape index (κ3) is 5.05. The molecule has 1 amide bonds. The molecule has 11 nitrogen and oxygen atoms in total. The number of fused-ring (bicyclic) bond motifs is 2. The van der Waals surface area contributed by atoms with Crippen LogP contribution in [0, 0.1) is 0 Å². The van der Waals surface area contributed by atoms with Gasteiger partial charge in [-0.1, -0.05) is 6.92 Å². The summed E-state index contributed by atoms with van der Waals surface area (Å²) >= 11 is 1.68. The van der Waals surface area contributed by atoms with E-state index in [-0.39, 0.29) is 12.6 Å². The predicted octanol–water partition coefficient (Wildman–Crippen LogP) is 4.03. The van der Waals surface area contributed by atoms with Crippen molar-refractivity contribution in [2.75, 3.05) is 37.0 Å². The van der Waals surface area contributed by atoms with Crippen molar-refractivity contribution in [2.24, 2.45) is 0 Å². The van der Waals surface area contributed by atoms with E-state index in [1.54, 1.807) is 22.0 Å². The fourth-order valence-electron chi connectivity index (χ4n) is 4.66. The first-order valence-electron chi connectivity index (χ1n) is 12.5. The standard InChI is InChI=1S/C26H28N8O3S/c1-2-21-22(32-26(35)37-14-20-13-36-7-6-27-20)12-34-24(21)25(28-16-30-34)31-19-3-4-23-18(9-19)10-29-33(23)11-17-5-8-38-15-17/h3-5,8-10,12,15-16,20,27H,2,6-7,11,13-14H2,1H3,(H,32,35)(H,28,30,31)/t20-/m0/s1. The van der Waals surface area contributed by atoms with Crippen molar-refractivity contribution in [3.8, 4) is 0 Å².